The van der Waals surface area contributed by atoms with Crippen LogP contribution in [-0.4, -0.2) is 51.7 Å². The summed E-state index contributed by atoms with van der Waals surface area (Å²) in [7, 11) is -3.53. The number of sulfonamides is 1. The minimum absolute atomic E-state index is 0.0236. The van der Waals surface area contributed by atoms with Crippen LogP contribution in [0, 0.1) is 11.3 Å². The van der Waals surface area contributed by atoms with E-state index in [1.165, 1.54) is 4.31 Å². The molecular weight excluding hydrogens is 328 g/mol. The molecule has 1 N–H and O–H groups in total. The summed E-state index contributed by atoms with van der Waals surface area (Å²) in [6.07, 6.45) is 4.15. The number of hydrogen-bond acceptors (Lipinski definition) is 6. The van der Waals surface area contributed by atoms with E-state index in [0.29, 0.717) is 25.2 Å². The third-order valence-corrected chi connectivity index (χ3v) is 6.00. The van der Waals surface area contributed by atoms with E-state index in [-0.39, 0.29) is 5.92 Å². The average Bonchev–Trinajstić information content (AvgIpc) is 3.23. The SMILES string of the molecule is N#CCS(=O)(=O)N1CCC(c2nccc3nnc4[nH]ccc4c23)C1. The Kier molecular flexibility index (Phi) is 3.44. The summed E-state index contributed by atoms with van der Waals surface area (Å²) >= 11 is 0. The van der Waals surface area contributed by atoms with Gasteiger partial charge in [0.1, 0.15) is 0 Å². The standard InChI is InChI=1S/C15H14N6O2S/c16-4-8-24(22,23)21-7-3-10(9-21)14-13-11-1-5-18-15(11)20-19-12(13)2-6-17-14/h1-2,5-6,10H,3,7-9H2,(H,18,20). The molecule has 0 amide bonds. The molecule has 8 nitrogen and oxygen atoms in total. The first-order valence-corrected chi connectivity index (χ1v) is 9.14. The number of fused-ring (bicyclic) bond motifs is 3. The molecule has 0 radical (unpaired) electrons. The fourth-order valence-corrected chi connectivity index (χ4v) is 4.40. The number of nitrogens with one attached hydrogen (secondary N) is 1. The molecule has 1 saturated heterocycles. The molecule has 0 bridgehead atoms. The molecule has 9 heteroatoms. The lowest BCUT2D eigenvalue weighted by molar-refractivity contribution is 0.475. The smallest absolute Gasteiger partial charge is 0.227 e. The molecule has 122 valence electrons. The fraction of sp³-hybridized carbons (Fsp3) is 0.333. The summed E-state index contributed by atoms with van der Waals surface area (Å²) in [5.41, 5.74) is 2.26. The van der Waals surface area contributed by atoms with Gasteiger partial charge in [0.25, 0.3) is 0 Å². The molecular formula is C15H14N6O2S. The molecule has 1 unspecified atom stereocenters. The van der Waals surface area contributed by atoms with Crippen LogP contribution in [0.1, 0.15) is 18.0 Å². The van der Waals surface area contributed by atoms with Crippen molar-refractivity contribution in [3.63, 3.8) is 0 Å². The van der Waals surface area contributed by atoms with Gasteiger partial charge in [0.15, 0.2) is 11.4 Å². The highest BCUT2D eigenvalue weighted by Crippen LogP contribution is 2.34. The van der Waals surface area contributed by atoms with Gasteiger partial charge in [-0.3, -0.25) is 4.98 Å². The van der Waals surface area contributed by atoms with Crippen molar-refractivity contribution in [3.8, 4) is 6.07 Å². The Bertz CT molecular complexity index is 1070. The van der Waals surface area contributed by atoms with Crippen molar-refractivity contribution in [2.45, 2.75) is 12.3 Å². The van der Waals surface area contributed by atoms with Crippen LogP contribution in [0.4, 0.5) is 0 Å². The van der Waals surface area contributed by atoms with E-state index >= 15 is 0 Å². The number of nitriles is 1. The Hall–Kier alpha value is -2.57. The molecule has 1 fully saturated rings. The van der Waals surface area contributed by atoms with Crippen LogP contribution >= 0.6 is 0 Å². The Morgan fingerprint density at radius 2 is 2.25 bits per heavy atom. The van der Waals surface area contributed by atoms with Gasteiger partial charge in [0.2, 0.25) is 10.0 Å². The average molecular weight is 342 g/mol. The number of hydrogen-bond donors (Lipinski definition) is 1. The van der Waals surface area contributed by atoms with Crippen LogP contribution in [0.25, 0.3) is 21.9 Å². The van der Waals surface area contributed by atoms with Gasteiger partial charge < -0.3 is 4.98 Å². The van der Waals surface area contributed by atoms with Crippen molar-refractivity contribution >= 4 is 32.0 Å². The van der Waals surface area contributed by atoms with Crippen molar-refractivity contribution in [2.75, 3.05) is 18.8 Å². The van der Waals surface area contributed by atoms with E-state index in [1.807, 2.05) is 6.07 Å². The minimum atomic E-state index is -3.53. The zero-order chi connectivity index (χ0) is 16.7. The molecule has 4 heterocycles. The number of pyridine rings is 1. The van der Waals surface area contributed by atoms with E-state index in [9.17, 15) is 8.42 Å². The maximum atomic E-state index is 12.1. The molecule has 0 spiro atoms. The number of aromatic amines is 1. The largest absolute Gasteiger partial charge is 0.345 e. The van der Waals surface area contributed by atoms with Crippen LogP contribution in [0.15, 0.2) is 24.5 Å². The van der Waals surface area contributed by atoms with Gasteiger partial charge in [-0.1, -0.05) is 0 Å². The Morgan fingerprint density at radius 3 is 3.08 bits per heavy atom. The molecule has 4 rings (SSSR count). The highest BCUT2D eigenvalue weighted by molar-refractivity contribution is 7.89. The summed E-state index contributed by atoms with van der Waals surface area (Å²) in [6, 6.07) is 5.45. The van der Waals surface area contributed by atoms with Gasteiger partial charge in [0.05, 0.1) is 17.3 Å². The second-order valence-corrected chi connectivity index (χ2v) is 7.76. The predicted octanol–water partition coefficient (Wildman–Crippen LogP) is 1.15. The minimum Gasteiger partial charge on any atom is -0.345 e. The van der Waals surface area contributed by atoms with Gasteiger partial charge in [-0.15, -0.1) is 10.2 Å². The zero-order valence-corrected chi connectivity index (χ0v) is 13.5. The first-order valence-electron chi connectivity index (χ1n) is 7.53. The van der Waals surface area contributed by atoms with Crippen molar-refractivity contribution < 1.29 is 8.42 Å². The fourth-order valence-electron chi connectivity index (χ4n) is 3.26. The molecule has 1 atom stereocenters. The molecule has 0 aliphatic carbocycles. The number of rotatable bonds is 3. The quantitative estimate of drug-likeness (QED) is 0.763. The first kappa shape index (κ1) is 15.0. The summed E-state index contributed by atoms with van der Waals surface area (Å²) < 4.78 is 25.6. The molecule has 3 aromatic rings. The van der Waals surface area contributed by atoms with Crippen LogP contribution in [0.3, 0.4) is 0 Å². The van der Waals surface area contributed by atoms with Crippen molar-refractivity contribution in [2.24, 2.45) is 0 Å². The predicted molar refractivity (Wildman–Crippen MR) is 87.5 cm³/mol. The molecule has 0 saturated carbocycles. The molecule has 24 heavy (non-hydrogen) atoms. The molecule has 3 aromatic heterocycles. The van der Waals surface area contributed by atoms with Crippen molar-refractivity contribution in [1.29, 1.82) is 5.26 Å². The maximum Gasteiger partial charge on any atom is 0.227 e. The Labute approximate surface area is 138 Å². The summed E-state index contributed by atoms with van der Waals surface area (Å²) in [6.45, 7) is 0.742. The maximum absolute atomic E-state index is 12.1. The van der Waals surface area contributed by atoms with E-state index in [1.54, 1.807) is 24.5 Å². The lowest BCUT2D eigenvalue weighted by atomic mass is 9.99. The first-order chi connectivity index (χ1) is 11.6. The number of aromatic nitrogens is 4. The number of nitrogens with zero attached hydrogens (tertiary/aromatic N) is 5. The Morgan fingerprint density at radius 1 is 1.38 bits per heavy atom. The van der Waals surface area contributed by atoms with Crippen LogP contribution in [0.5, 0.6) is 0 Å². The van der Waals surface area contributed by atoms with E-state index in [4.69, 9.17) is 5.26 Å². The van der Waals surface area contributed by atoms with Crippen LogP contribution < -0.4 is 0 Å². The summed E-state index contributed by atoms with van der Waals surface area (Å²) in [5, 5.41) is 18.9. The molecule has 1 aliphatic heterocycles. The third-order valence-electron chi connectivity index (χ3n) is 4.39. The van der Waals surface area contributed by atoms with Crippen LogP contribution in [-0.2, 0) is 10.0 Å². The monoisotopic (exact) mass is 342 g/mol. The summed E-state index contributed by atoms with van der Waals surface area (Å²) in [4.78, 5) is 7.55. The lowest BCUT2D eigenvalue weighted by Gasteiger charge is -2.15. The lowest BCUT2D eigenvalue weighted by Crippen LogP contribution is -2.30. The Balaban J connectivity index is 1.78. The van der Waals surface area contributed by atoms with E-state index in [0.717, 1.165) is 22.0 Å². The van der Waals surface area contributed by atoms with Crippen molar-refractivity contribution in [1.82, 2.24) is 24.5 Å². The van der Waals surface area contributed by atoms with E-state index in [2.05, 4.69) is 20.2 Å². The molecule has 0 aromatic carbocycles. The molecule has 1 aliphatic rings. The number of H-pyrrole nitrogens is 1. The highest BCUT2D eigenvalue weighted by Gasteiger charge is 2.33. The topological polar surface area (TPSA) is 116 Å². The van der Waals surface area contributed by atoms with Gasteiger partial charge >= 0.3 is 0 Å². The third kappa shape index (κ3) is 2.31. The van der Waals surface area contributed by atoms with Gasteiger partial charge in [-0.05, 0) is 18.6 Å². The zero-order valence-electron chi connectivity index (χ0n) is 12.7. The van der Waals surface area contributed by atoms with Gasteiger partial charge in [-0.2, -0.15) is 5.26 Å². The van der Waals surface area contributed by atoms with E-state index < -0.39 is 15.8 Å². The van der Waals surface area contributed by atoms with Gasteiger partial charge in [0, 0.05) is 42.2 Å². The highest BCUT2D eigenvalue weighted by atomic mass is 32.2. The van der Waals surface area contributed by atoms with Gasteiger partial charge in [-0.25, -0.2) is 12.7 Å². The normalized spacial score (nSPS) is 19.0. The van der Waals surface area contributed by atoms with Crippen LogP contribution in [0.2, 0.25) is 0 Å². The van der Waals surface area contributed by atoms with Crippen molar-refractivity contribution in [3.05, 3.63) is 30.2 Å². The second kappa shape index (κ2) is 5.51. The second-order valence-electron chi connectivity index (χ2n) is 5.79. The summed E-state index contributed by atoms with van der Waals surface area (Å²) in [5.74, 6) is -0.514.